The van der Waals surface area contributed by atoms with Crippen LogP contribution in [-0.4, -0.2) is 11.4 Å². The maximum Gasteiger partial charge on any atom is 0.152 e. The van der Waals surface area contributed by atoms with Gasteiger partial charge in [0.1, 0.15) is 0 Å². The number of nitrogens with zero attached hydrogens (tertiary/aromatic N) is 2. The quantitative estimate of drug-likeness (QED) is 0.379. The third kappa shape index (κ3) is 1.35. The maximum atomic E-state index is 5.42. The Labute approximate surface area is 57.2 Å². The Morgan fingerprint density at radius 3 is 2.88 bits per heavy atom. The zero-order valence-corrected chi connectivity index (χ0v) is 5.54. The molecule has 0 atom stereocenters. The van der Waals surface area contributed by atoms with Crippen molar-refractivity contribution in [1.29, 1.82) is 0 Å². The van der Waals surface area contributed by atoms with Crippen LogP contribution in [-0.2, 0) is 0 Å². The molecule has 0 fully saturated rings. The molecule has 1 rings (SSSR count). The molecule has 0 saturated carbocycles. The van der Waals surface area contributed by atoms with Gasteiger partial charge in [0.05, 0.1) is 6.54 Å². The van der Waals surface area contributed by atoms with Crippen LogP contribution >= 0.6 is 23.8 Å². The highest BCUT2D eigenvalue weighted by Crippen LogP contribution is 2.08. The Morgan fingerprint density at radius 1 is 1.75 bits per heavy atom. The second kappa shape index (κ2) is 2.33. The molecular weight excluding hydrogens is 144 g/mol. The van der Waals surface area contributed by atoms with Crippen LogP contribution < -0.4 is 0 Å². The number of halogens is 1. The molecule has 0 aromatic rings. The Kier molecular flexibility index (Phi) is 1.70. The fraction of sp³-hybridized carbons (Fsp3) is 0.250. The first-order chi connectivity index (χ1) is 3.79. The standard InChI is InChI=1S/C4H3ClN2S/c5-4-1-3(8)2-6-7-4/h1H,2H2. The molecule has 0 aromatic heterocycles. The molecule has 0 N–H and O–H groups in total. The van der Waals surface area contributed by atoms with Gasteiger partial charge in [0, 0.05) is 4.86 Å². The Bertz CT molecular complexity index is 173. The van der Waals surface area contributed by atoms with Gasteiger partial charge in [-0.05, 0) is 6.08 Å². The zero-order chi connectivity index (χ0) is 5.98. The highest BCUT2D eigenvalue weighted by atomic mass is 35.5. The van der Waals surface area contributed by atoms with E-state index in [0.717, 1.165) is 4.86 Å². The lowest BCUT2D eigenvalue weighted by Gasteiger charge is -1.95. The number of hydrogen-bond acceptors (Lipinski definition) is 3. The van der Waals surface area contributed by atoms with E-state index in [1.54, 1.807) is 6.08 Å². The van der Waals surface area contributed by atoms with E-state index in [9.17, 15) is 0 Å². The Balaban J connectivity index is 2.77. The number of hydrogen-bond donors (Lipinski definition) is 0. The van der Waals surface area contributed by atoms with E-state index in [1.165, 1.54) is 0 Å². The molecule has 0 aromatic carbocycles. The van der Waals surface area contributed by atoms with E-state index in [4.69, 9.17) is 23.8 Å². The predicted octanol–water partition coefficient (Wildman–Crippen LogP) is 1.90. The molecule has 0 radical (unpaired) electrons. The van der Waals surface area contributed by atoms with Gasteiger partial charge in [-0.2, -0.15) is 5.11 Å². The van der Waals surface area contributed by atoms with Gasteiger partial charge in [-0.15, -0.1) is 5.11 Å². The topological polar surface area (TPSA) is 24.7 Å². The summed E-state index contributed by atoms with van der Waals surface area (Å²) in [7, 11) is 0. The van der Waals surface area contributed by atoms with Crippen molar-refractivity contribution in [1.82, 2.24) is 0 Å². The van der Waals surface area contributed by atoms with Crippen LogP contribution in [0.1, 0.15) is 0 Å². The summed E-state index contributed by atoms with van der Waals surface area (Å²) >= 11 is 10.2. The predicted molar refractivity (Wildman–Crippen MR) is 36.3 cm³/mol. The van der Waals surface area contributed by atoms with Crippen LogP contribution in [0.25, 0.3) is 0 Å². The summed E-state index contributed by atoms with van der Waals surface area (Å²) in [5, 5.41) is 7.54. The molecule has 1 heterocycles. The van der Waals surface area contributed by atoms with Crippen molar-refractivity contribution >= 4 is 28.7 Å². The lowest BCUT2D eigenvalue weighted by Crippen LogP contribution is -1.97. The zero-order valence-electron chi connectivity index (χ0n) is 3.97. The van der Waals surface area contributed by atoms with Crippen molar-refractivity contribution in [2.24, 2.45) is 10.2 Å². The number of azo groups is 1. The minimum absolute atomic E-state index is 0.376. The SMILES string of the molecule is S=C1C=C(Cl)N=NC1. The molecule has 4 heteroatoms. The van der Waals surface area contributed by atoms with Crippen molar-refractivity contribution in [3.05, 3.63) is 11.2 Å². The van der Waals surface area contributed by atoms with E-state index in [1.807, 2.05) is 0 Å². The van der Waals surface area contributed by atoms with Gasteiger partial charge in [0.2, 0.25) is 0 Å². The normalized spacial score (nSPS) is 18.6. The van der Waals surface area contributed by atoms with Crippen molar-refractivity contribution in [3.8, 4) is 0 Å². The highest BCUT2D eigenvalue weighted by molar-refractivity contribution is 7.80. The fourth-order valence-electron chi connectivity index (χ4n) is 0.380. The van der Waals surface area contributed by atoms with E-state index < -0.39 is 0 Å². The van der Waals surface area contributed by atoms with Gasteiger partial charge in [-0.3, -0.25) is 0 Å². The summed E-state index contributed by atoms with van der Waals surface area (Å²) in [5.74, 6) is 0. The Hall–Kier alpha value is -0.280. The molecule has 0 spiro atoms. The lowest BCUT2D eigenvalue weighted by atomic mass is 10.4. The van der Waals surface area contributed by atoms with Crippen molar-refractivity contribution < 1.29 is 0 Å². The third-order valence-electron chi connectivity index (χ3n) is 0.673. The number of thiocarbonyl (C=S) groups is 1. The Morgan fingerprint density at radius 2 is 2.50 bits per heavy atom. The largest absolute Gasteiger partial charge is 0.182 e. The summed E-state index contributed by atoms with van der Waals surface area (Å²) in [6, 6.07) is 0. The molecule has 0 saturated heterocycles. The average molecular weight is 147 g/mol. The number of rotatable bonds is 0. The summed E-state index contributed by atoms with van der Waals surface area (Å²) in [6.45, 7) is 0.506. The van der Waals surface area contributed by atoms with Crippen LogP contribution in [0.5, 0.6) is 0 Å². The van der Waals surface area contributed by atoms with Gasteiger partial charge in [0.25, 0.3) is 0 Å². The third-order valence-corrected chi connectivity index (χ3v) is 1.10. The van der Waals surface area contributed by atoms with Crippen LogP contribution in [0.4, 0.5) is 0 Å². The summed E-state index contributed by atoms with van der Waals surface area (Å²) in [5.41, 5.74) is 0. The summed E-state index contributed by atoms with van der Waals surface area (Å²) in [4.78, 5) is 0.741. The molecule has 42 valence electrons. The first-order valence-corrected chi connectivity index (χ1v) is 2.85. The van der Waals surface area contributed by atoms with Gasteiger partial charge in [-0.1, -0.05) is 23.8 Å². The van der Waals surface area contributed by atoms with Gasteiger partial charge < -0.3 is 0 Å². The first kappa shape index (κ1) is 5.85. The van der Waals surface area contributed by atoms with Crippen molar-refractivity contribution in [3.63, 3.8) is 0 Å². The second-order valence-electron chi connectivity index (χ2n) is 1.33. The minimum Gasteiger partial charge on any atom is -0.182 e. The second-order valence-corrected chi connectivity index (χ2v) is 2.24. The highest BCUT2D eigenvalue weighted by Gasteiger charge is 1.98. The van der Waals surface area contributed by atoms with Gasteiger partial charge >= 0.3 is 0 Å². The van der Waals surface area contributed by atoms with Crippen molar-refractivity contribution in [2.45, 2.75) is 0 Å². The lowest BCUT2D eigenvalue weighted by molar-refractivity contribution is 1.07. The van der Waals surface area contributed by atoms with Gasteiger partial charge in [-0.25, -0.2) is 0 Å². The smallest absolute Gasteiger partial charge is 0.152 e. The molecule has 0 aliphatic carbocycles. The molecule has 0 unspecified atom stereocenters. The molecule has 0 bridgehead atoms. The molecular formula is C4H3ClN2S. The molecule has 8 heavy (non-hydrogen) atoms. The molecule has 2 nitrogen and oxygen atoms in total. The van der Waals surface area contributed by atoms with Crippen LogP contribution in [0.3, 0.4) is 0 Å². The summed E-state index contributed by atoms with van der Waals surface area (Å²) in [6.07, 6.45) is 1.63. The minimum atomic E-state index is 0.376. The molecule has 1 aliphatic rings. The molecule has 1 aliphatic heterocycles. The van der Waals surface area contributed by atoms with Crippen LogP contribution in [0, 0.1) is 0 Å². The van der Waals surface area contributed by atoms with E-state index in [-0.39, 0.29) is 0 Å². The van der Waals surface area contributed by atoms with E-state index in [0.29, 0.717) is 11.7 Å². The van der Waals surface area contributed by atoms with Crippen LogP contribution in [0.15, 0.2) is 21.5 Å². The van der Waals surface area contributed by atoms with Gasteiger partial charge in [0.15, 0.2) is 5.16 Å². The van der Waals surface area contributed by atoms with Crippen LogP contribution in [0.2, 0.25) is 0 Å². The summed E-state index contributed by atoms with van der Waals surface area (Å²) < 4.78 is 0. The monoisotopic (exact) mass is 146 g/mol. The first-order valence-electron chi connectivity index (χ1n) is 2.06. The fourth-order valence-corrected chi connectivity index (χ4v) is 0.799. The average Bonchev–Trinajstić information content (AvgIpc) is 1.64. The van der Waals surface area contributed by atoms with Crippen molar-refractivity contribution in [2.75, 3.05) is 6.54 Å². The maximum absolute atomic E-state index is 5.42. The molecule has 0 amide bonds. The van der Waals surface area contributed by atoms with E-state index in [2.05, 4.69) is 10.2 Å². The van der Waals surface area contributed by atoms with E-state index >= 15 is 0 Å².